The van der Waals surface area contributed by atoms with E-state index in [1.165, 1.54) is 0 Å². The molecule has 2 N–H and O–H groups in total. The summed E-state index contributed by atoms with van der Waals surface area (Å²) in [6.07, 6.45) is 3.12. The second-order valence-corrected chi connectivity index (χ2v) is 3.44. The van der Waals surface area contributed by atoms with Crippen LogP contribution in [0, 0.1) is 0 Å². The van der Waals surface area contributed by atoms with Crippen LogP contribution in [0.5, 0.6) is 0 Å². The van der Waals surface area contributed by atoms with E-state index in [0.717, 1.165) is 0 Å². The van der Waals surface area contributed by atoms with Gasteiger partial charge in [-0.05, 0) is 20.0 Å². The van der Waals surface area contributed by atoms with Crippen molar-refractivity contribution in [2.75, 3.05) is 25.5 Å². The molecule has 1 rings (SSSR count). The molecule has 0 saturated heterocycles. The van der Waals surface area contributed by atoms with Crippen molar-refractivity contribution in [1.82, 2.24) is 14.9 Å². The number of rotatable bonds is 5. The van der Waals surface area contributed by atoms with Crippen molar-refractivity contribution in [3.05, 3.63) is 18.5 Å². The van der Waals surface area contributed by atoms with E-state index in [4.69, 9.17) is 5.11 Å². The number of likely N-dealkylation sites (N-methyl/N-ethyl adjacent to an activating group) is 1. The van der Waals surface area contributed by atoms with Gasteiger partial charge in [0.2, 0.25) is 11.9 Å². The first-order chi connectivity index (χ1) is 7.65. The predicted octanol–water partition coefficient (Wildman–Crippen LogP) is -0.272. The monoisotopic (exact) mass is 224 g/mol. The largest absolute Gasteiger partial charge is 0.395 e. The van der Waals surface area contributed by atoms with Gasteiger partial charge in [0.25, 0.3) is 0 Å². The molecule has 0 aliphatic rings. The maximum Gasteiger partial charge on any atom is 0.243 e. The number of amides is 1. The van der Waals surface area contributed by atoms with E-state index in [-0.39, 0.29) is 24.5 Å². The molecule has 0 aromatic carbocycles. The molecule has 1 atom stereocenters. The Bertz CT molecular complexity index is 331. The molecule has 0 fully saturated rings. The molecular weight excluding hydrogens is 208 g/mol. The third kappa shape index (κ3) is 3.56. The summed E-state index contributed by atoms with van der Waals surface area (Å²) >= 11 is 0. The normalized spacial score (nSPS) is 12.5. The number of aliphatic hydroxyl groups excluding tert-OH is 1. The summed E-state index contributed by atoms with van der Waals surface area (Å²) in [6, 6.07) is 1.34. The molecule has 0 aliphatic carbocycles. The quantitative estimate of drug-likeness (QED) is 0.719. The van der Waals surface area contributed by atoms with Crippen LogP contribution in [0.1, 0.15) is 6.92 Å². The van der Waals surface area contributed by atoms with Crippen molar-refractivity contribution >= 4 is 11.9 Å². The number of aliphatic hydroxyl groups is 1. The first-order valence-corrected chi connectivity index (χ1v) is 5.04. The molecule has 6 nitrogen and oxygen atoms in total. The molecule has 0 saturated carbocycles. The Balaban J connectivity index is 2.52. The van der Waals surface area contributed by atoms with Gasteiger partial charge in [-0.25, -0.2) is 9.97 Å². The number of nitrogens with one attached hydrogen (secondary N) is 1. The van der Waals surface area contributed by atoms with Crippen LogP contribution in [0.3, 0.4) is 0 Å². The number of hydrogen-bond donors (Lipinski definition) is 2. The molecule has 1 unspecified atom stereocenters. The van der Waals surface area contributed by atoms with Crippen LogP contribution in [0.25, 0.3) is 0 Å². The Morgan fingerprint density at radius 2 is 2.19 bits per heavy atom. The first-order valence-electron chi connectivity index (χ1n) is 5.04. The molecule has 16 heavy (non-hydrogen) atoms. The van der Waals surface area contributed by atoms with Gasteiger partial charge in [0.05, 0.1) is 12.6 Å². The van der Waals surface area contributed by atoms with Gasteiger partial charge in [-0.15, -0.1) is 0 Å². The summed E-state index contributed by atoms with van der Waals surface area (Å²) < 4.78 is 0. The third-order valence-corrected chi connectivity index (χ3v) is 2.29. The van der Waals surface area contributed by atoms with Gasteiger partial charge in [-0.1, -0.05) is 0 Å². The highest BCUT2D eigenvalue weighted by atomic mass is 16.3. The average Bonchev–Trinajstić information content (AvgIpc) is 2.29. The highest BCUT2D eigenvalue weighted by molar-refractivity contribution is 5.92. The van der Waals surface area contributed by atoms with Gasteiger partial charge in [0.15, 0.2) is 0 Å². The minimum absolute atomic E-state index is 0.0238. The van der Waals surface area contributed by atoms with Crippen LogP contribution >= 0.6 is 0 Å². The maximum atomic E-state index is 11.7. The lowest BCUT2D eigenvalue weighted by atomic mass is 10.3. The van der Waals surface area contributed by atoms with Gasteiger partial charge in [0.1, 0.15) is 0 Å². The summed E-state index contributed by atoms with van der Waals surface area (Å²) in [5.41, 5.74) is 0. The van der Waals surface area contributed by atoms with Crippen molar-refractivity contribution < 1.29 is 9.90 Å². The van der Waals surface area contributed by atoms with Gasteiger partial charge in [-0.2, -0.15) is 0 Å². The highest BCUT2D eigenvalue weighted by Gasteiger charge is 2.17. The number of nitrogens with zero attached hydrogens (tertiary/aromatic N) is 3. The minimum Gasteiger partial charge on any atom is -0.395 e. The van der Waals surface area contributed by atoms with E-state index in [9.17, 15) is 4.79 Å². The number of carbonyl (C=O) groups excluding carboxylic acids is 1. The molecular formula is C10H16N4O2. The van der Waals surface area contributed by atoms with E-state index in [1.54, 1.807) is 37.3 Å². The third-order valence-electron chi connectivity index (χ3n) is 2.29. The van der Waals surface area contributed by atoms with E-state index in [0.29, 0.717) is 6.54 Å². The molecule has 88 valence electrons. The lowest BCUT2D eigenvalue weighted by molar-refractivity contribution is -0.120. The minimum atomic E-state index is -0.337. The molecule has 1 heterocycles. The average molecular weight is 224 g/mol. The second-order valence-electron chi connectivity index (χ2n) is 3.44. The Morgan fingerprint density at radius 3 is 2.75 bits per heavy atom. The van der Waals surface area contributed by atoms with Crippen molar-refractivity contribution in [1.29, 1.82) is 0 Å². The van der Waals surface area contributed by atoms with Crippen molar-refractivity contribution in [2.24, 2.45) is 0 Å². The fourth-order valence-corrected chi connectivity index (χ4v) is 1.13. The standard InChI is InChI=1S/C10H16N4O2/c1-8(14(2)6-7-15)9(16)13-10-11-4-3-5-12-10/h3-5,8,15H,6-7H2,1-2H3,(H,11,12,13,16). The lowest BCUT2D eigenvalue weighted by Crippen LogP contribution is -2.41. The van der Waals surface area contributed by atoms with Crippen LogP contribution in [0.15, 0.2) is 18.5 Å². The summed E-state index contributed by atoms with van der Waals surface area (Å²) in [6.45, 7) is 2.23. The van der Waals surface area contributed by atoms with E-state index < -0.39 is 0 Å². The van der Waals surface area contributed by atoms with Crippen molar-refractivity contribution in [3.63, 3.8) is 0 Å². The number of anilines is 1. The van der Waals surface area contributed by atoms with Crippen molar-refractivity contribution in [3.8, 4) is 0 Å². The van der Waals surface area contributed by atoms with Crippen LogP contribution < -0.4 is 5.32 Å². The summed E-state index contributed by atoms with van der Waals surface area (Å²) in [4.78, 5) is 21.3. The fourth-order valence-electron chi connectivity index (χ4n) is 1.13. The van der Waals surface area contributed by atoms with Crippen LogP contribution in [0.2, 0.25) is 0 Å². The number of hydrogen-bond acceptors (Lipinski definition) is 5. The Kier molecular flexibility index (Phi) is 4.81. The van der Waals surface area contributed by atoms with Crippen molar-refractivity contribution in [2.45, 2.75) is 13.0 Å². The first kappa shape index (κ1) is 12.5. The topological polar surface area (TPSA) is 78.4 Å². The Labute approximate surface area is 94.3 Å². The zero-order valence-electron chi connectivity index (χ0n) is 9.42. The van der Waals surface area contributed by atoms with Gasteiger partial charge < -0.3 is 5.11 Å². The van der Waals surface area contributed by atoms with Gasteiger partial charge >= 0.3 is 0 Å². The fraction of sp³-hybridized carbons (Fsp3) is 0.500. The molecule has 0 bridgehead atoms. The zero-order chi connectivity index (χ0) is 12.0. The lowest BCUT2D eigenvalue weighted by Gasteiger charge is -2.22. The number of carbonyl (C=O) groups is 1. The zero-order valence-corrected chi connectivity index (χ0v) is 9.42. The smallest absolute Gasteiger partial charge is 0.243 e. The summed E-state index contributed by atoms with van der Waals surface area (Å²) in [7, 11) is 1.77. The van der Waals surface area contributed by atoms with Crippen LogP contribution in [-0.2, 0) is 4.79 Å². The van der Waals surface area contributed by atoms with E-state index in [2.05, 4.69) is 15.3 Å². The molecule has 1 amide bonds. The molecule has 1 aromatic rings. The summed E-state index contributed by atoms with van der Waals surface area (Å²) in [5, 5.41) is 11.4. The Morgan fingerprint density at radius 1 is 1.56 bits per heavy atom. The highest BCUT2D eigenvalue weighted by Crippen LogP contribution is 2.00. The molecule has 1 aromatic heterocycles. The van der Waals surface area contributed by atoms with E-state index in [1.807, 2.05) is 0 Å². The SMILES string of the molecule is CC(C(=O)Nc1ncccn1)N(C)CCO. The van der Waals surface area contributed by atoms with Crippen LogP contribution in [-0.4, -0.2) is 52.1 Å². The second kappa shape index (κ2) is 6.14. The molecule has 0 spiro atoms. The van der Waals surface area contributed by atoms with Gasteiger partial charge in [0, 0.05) is 18.9 Å². The molecule has 6 heteroatoms. The van der Waals surface area contributed by atoms with Crippen LogP contribution in [0.4, 0.5) is 5.95 Å². The summed E-state index contributed by atoms with van der Waals surface area (Å²) in [5.74, 6) is 0.0962. The van der Waals surface area contributed by atoms with E-state index >= 15 is 0 Å². The maximum absolute atomic E-state index is 11.7. The predicted molar refractivity (Wildman–Crippen MR) is 59.8 cm³/mol. The molecule has 0 aliphatic heterocycles. The molecule has 0 radical (unpaired) electrons. The van der Waals surface area contributed by atoms with Gasteiger partial charge in [-0.3, -0.25) is 15.0 Å². The number of aromatic nitrogens is 2. The Hall–Kier alpha value is -1.53.